The maximum absolute atomic E-state index is 12.1. The number of carbonyl (C=O) groups is 2. The molecule has 3 aromatic rings. The monoisotopic (exact) mass is 320 g/mol. The van der Waals surface area contributed by atoms with Crippen LogP contribution in [-0.2, 0) is 16.0 Å². The molecule has 0 unspecified atom stereocenters. The number of pyridine rings is 1. The van der Waals surface area contributed by atoms with Crippen LogP contribution in [-0.4, -0.2) is 21.8 Å². The molecule has 0 bridgehead atoms. The second kappa shape index (κ2) is 6.78. The van der Waals surface area contributed by atoms with Crippen molar-refractivity contribution >= 4 is 34.6 Å². The predicted molar refractivity (Wildman–Crippen MR) is 93.1 cm³/mol. The second-order valence-corrected chi connectivity index (χ2v) is 5.31. The van der Waals surface area contributed by atoms with Gasteiger partial charge < -0.3 is 16.0 Å². The van der Waals surface area contributed by atoms with Crippen LogP contribution in [0.2, 0.25) is 0 Å². The predicted octanol–water partition coefficient (Wildman–Crippen LogP) is 2.24. The van der Waals surface area contributed by atoms with Crippen molar-refractivity contribution in [3.63, 3.8) is 0 Å². The number of nitrogens with one attached hydrogen (secondary N) is 2. The quantitative estimate of drug-likeness (QED) is 0.628. The van der Waals surface area contributed by atoms with Crippen molar-refractivity contribution in [3.8, 4) is 0 Å². The highest BCUT2D eigenvalue weighted by Gasteiger charge is 2.07. The Morgan fingerprint density at radius 2 is 2.04 bits per heavy atom. The molecular formula is C18H16N4O2. The fraction of sp³-hybridized carbons (Fsp3) is 0.0556. The van der Waals surface area contributed by atoms with Gasteiger partial charge in [0, 0.05) is 23.2 Å². The van der Waals surface area contributed by atoms with Crippen LogP contribution in [0.1, 0.15) is 11.1 Å². The summed E-state index contributed by atoms with van der Waals surface area (Å²) in [5.41, 5.74) is 8.09. The Morgan fingerprint density at radius 1 is 1.25 bits per heavy atom. The Bertz CT molecular complexity index is 913. The topological polar surface area (TPSA) is 101 Å². The Balaban J connectivity index is 1.78. The van der Waals surface area contributed by atoms with E-state index in [4.69, 9.17) is 5.73 Å². The van der Waals surface area contributed by atoms with Crippen molar-refractivity contribution in [2.24, 2.45) is 5.73 Å². The molecule has 6 nitrogen and oxygen atoms in total. The number of rotatable bonds is 5. The highest BCUT2D eigenvalue weighted by molar-refractivity contribution is 5.97. The number of fused-ring (bicyclic) bond motifs is 1. The molecule has 3 rings (SSSR count). The lowest BCUT2D eigenvalue weighted by Crippen LogP contribution is -2.14. The smallest absolute Gasteiger partial charge is 0.241 e. The first-order valence-electron chi connectivity index (χ1n) is 7.40. The average molecular weight is 320 g/mol. The lowest BCUT2D eigenvalue weighted by molar-refractivity contribution is -0.115. The zero-order valence-corrected chi connectivity index (χ0v) is 12.8. The molecule has 0 fully saturated rings. The molecule has 0 aliphatic carbocycles. The van der Waals surface area contributed by atoms with Crippen molar-refractivity contribution in [3.05, 3.63) is 66.0 Å². The number of amides is 2. The zero-order chi connectivity index (χ0) is 16.9. The summed E-state index contributed by atoms with van der Waals surface area (Å²) in [6.45, 7) is 0. The Labute approximate surface area is 138 Å². The number of aromatic amines is 1. The van der Waals surface area contributed by atoms with Crippen molar-refractivity contribution < 1.29 is 9.59 Å². The molecule has 0 saturated heterocycles. The first-order valence-corrected chi connectivity index (χ1v) is 7.40. The van der Waals surface area contributed by atoms with Crippen LogP contribution in [0.5, 0.6) is 0 Å². The number of nitrogens with two attached hydrogens (primary N) is 1. The van der Waals surface area contributed by atoms with Gasteiger partial charge in [0.15, 0.2) is 0 Å². The molecule has 120 valence electrons. The van der Waals surface area contributed by atoms with Crippen LogP contribution < -0.4 is 11.1 Å². The highest BCUT2D eigenvalue weighted by atomic mass is 16.1. The van der Waals surface area contributed by atoms with Gasteiger partial charge in [0.25, 0.3) is 0 Å². The van der Waals surface area contributed by atoms with Gasteiger partial charge in [-0.3, -0.25) is 9.59 Å². The van der Waals surface area contributed by atoms with Crippen LogP contribution >= 0.6 is 0 Å². The van der Waals surface area contributed by atoms with Crippen molar-refractivity contribution in [1.29, 1.82) is 0 Å². The van der Waals surface area contributed by atoms with Gasteiger partial charge in [-0.05, 0) is 17.7 Å². The van der Waals surface area contributed by atoms with E-state index in [1.54, 1.807) is 18.5 Å². The first-order chi connectivity index (χ1) is 11.6. The van der Waals surface area contributed by atoms with Crippen LogP contribution in [0.25, 0.3) is 17.1 Å². The summed E-state index contributed by atoms with van der Waals surface area (Å²) in [6, 6.07) is 11.3. The molecular weight excluding hydrogens is 304 g/mol. The lowest BCUT2D eigenvalue weighted by atomic mass is 10.1. The SMILES string of the molecule is NC(=O)/C=C/c1c[nH]c2ncc(NC(=O)Cc3ccccc3)cc12. The molecule has 1 aromatic carbocycles. The van der Waals surface area contributed by atoms with E-state index in [-0.39, 0.29) is 5.91 Å². The molecule has 2 amide bonds. The van der Waals surface area contributed by atoms with Gasteiger partial charge in [0.05, 0.1) is 18.3 Å². The minimum absolute atomic E-state index is 0.118. The Kier molecular flexibility index (Phi) is 4.38. The summed E-state index contributed by atoms with van der Waals surface area (Å²) in [5, 5.41) is 3.63. The van der Waals surface area contributed by atoms with Crippen LogP contribution in [0.4, 0.5) is 5.69 Å². The molecule has 6 heteroatoms. The first kappa shape index (κ1) is 15.5. The Morgan fingerprint density at radius 3 is 2.79 bits per heavy atom. The number of hydrogen-bond acceptors (Lipinski definition) is 3. The number of anilines is 1. The molecule has 0 radical (unpaired) electrons. The van der Waals surface area contributed by atoms with Gasteiger partial charge >= 0.3 is 0 Å². The summed E-state index contributed by atoms with van der Waals surface area (Å²) in [5.74, 6) is -0.642. The summed E-state index contributed by atoms with van der Waals surface area (Å²) >= 11 is 0. The van der Waals surface area contributed by atoms with E-state index in [1.807, 2.05) is 36.4 Å². The van der Waals surface area contributed by atoms with E-state index in [0.717, 1.165) is 16.5 Å². The van der Waals surface area contributed by atoms with Gasteiger partial charge in [-0.2, -0.15) is 0 Å². The van der Waals surface area contributed by atoms with E-state index in [1.165, 1.54) is 6.08 Å². The van der Waals surface area contributed by atoms with E-state index in [9.17, 15) is 9.59 Å². The molecule has 0 aliphatic heterocycles. The summed E-state index contributed by atoms with van der Waals surface area (Å²) in [4.78, 5) is 30.3. The third-order valence-electron chi connectivity index (χ3n) is 3.48. The van der Waals surface area contributed by atoms with Gasteiger partial charge in [-0.25, -0.2) is 4.98 Å². The van der Waals surface area contributed by atoms with Crippen molar-refractivity contribution in [2.45, 2.75) is 6.42 Å². The number of nitrogens with zero attached hydrogens (tertiary/aromatic N) is 1. The molecule has 2 aromatic heterocycles. The van der Waals surface area contributed by atoms with E-state index < -0.39 is 5.91 Å². The second-order valence-electron chi connectivity index (χ2n) is 5.31. The third kappa shape index (κ3) is 3.67. The van der Waals surface area contributed by atoms with Crippen LogP contribution in [0.15, 0.2) is 54.9 Å². The third-order valence-corrected chi connectivity index (χ3v) is 3.48. The maximum Gasteiger partial charge on any atom is 0.241 e. The van der Waals surface area contributed by atoms with Gasteiger partial charge in [-0.1, -0.05) is 30.3 Å². The summed E-state index contributed by atoms with van der Waals surface area (Å²) in [7, 11) is 0. The number of H-pyrrole nitrogens is 1. The molecule has 0 atom stereocenters. The standard InChI is InChI=1S/C18H16N4O2/c19-16(23)7-6-13-10-20-18-15(13)9-14(11-21-18)22-17(24)8-12-4-2-1-3-5-12/h1-7,9-11H,8H2,(H2,19,23)(H,20,21)(H,22,24)/b7-6+. The molecule has 4 N–H and O–H groups in total. The van der Waals surface area contributed by atoms with E-state index in [2.05, 4.69) is 15.3 Å². The molecule has 0 aliphatic rings. The van der Waals surface area contributed by atoms with Gasteiger partial charge in [0.1, 0.15) is 5.65 Å². The largest absolute Gasteiger partial charge is 0.366 e. The zero-order valence-electron chi connectivity index (χ0n) is 12.8. The summed E-state index contributed by atoms with van der Waals surface area (Å²) < 4.78 is 0. The van der Waals surface area contributed by atoms with Crippen molar-refractivity contribution in [1.82, 2.24) is 9.97 Å². The number of benzene rings is 1. The minimum atomic E-state index is -0.523. The Hall–Kier alpha value is -3.41. The number of hydrogen-bond donors (Lipinski definition) is 3. The number of carbonyl (C=O) groups excluding carboxylic acids is 2. The highest BCUT2D eigenvalue weighted by Crippen LogP contribution is 2.21. The minimum Gasteiger partial charge on any atom is -0.366 e. The fourth-order valence-corrected chi connectivity index (χ4v) is 2.39. The van der Waals surface area contributed by atoms with Gasteiger partial charge in [0.2, 0.25) is 11.8 Å². The normalized spacial score (nSPS) is 11.0. The van der Waals surface area contributed by atoms with E-state index >= 15 is 0 Å². The lowest BCUT2D eigenvalue weighted by Gasteiger charge is -2.05. The van der Waals surface area contributed by atoms with Crippen LogP contribution in [0.3, 0.4) is 0 Å². The van der Waals surface area contributed by atoms with Gasteiger partial charge in [-0.15, -0.1) is 0 Å². The average Bonchev–Trinajstić information content (AvgIpc) is 2.96. The molecule has 0 saturated carbocycles. The molecule has 0 spiro atoms. The van der Waals surface area contributed by atoms with Crippen molar-refractivity contribution in [2.75, 3.05) is 5.32 Å². The molecule has 2 heterocycles. The summed E-state index contributed by atoms with van der Waals surface area (Å²) in [6.07, 6.45) is 6.50. The fourth-order valence-electron chi connectivity index (χ4n) is 2.39. The van der Waals surface area contributed by atoms with E-state index in [0.29, 0.717) is 17.8 Å². The number of primary amides is 1. The number of aromatic nitrogens is 2. The molecule has 24 heavy (non-hydrogen) atoms. The maximum atomic E-state index is 12.1. The van der Waals surface area contributed by atoms with Crippen LogP contribution in [0, 0.1) is 0 Å².